The van der Waals surface area contributed by atoms with Crippen LogP contribution in [0.5, 0.6) is 17.4 Å². The number of halogens is 3. The molecule has 1 heterocycles. The standard InChI is InChI=1S/C24H19F3N4O2/c1-32-21-8-3-2-7-20(21)30-23-29-14-19(15-9-11-16(12-10-15)24(25,26)27)22(31-23)33-18-6-4-5-17(28)13-18/h2-14H,28H2,1H3,(H,29,30,31). The Kier molecular flexibility index (Phi) is 6.03. The Morgan fingerprint density at radius 3 is 2.39 bits per heavy atom. The fraction of sp³-hybridized carbons (Fsp3) is 0.0833. The molecular formula is C24H19F3N4O2. The van der Waals surface area contributed by atoms with E-state index in [0.717, 1.165) is 12.1 Å². The Balaban J connectivity index is 1.74. The van der Waals surface area contributed by atoms with Crippen LogP contribution in [0.15, 0.2) is 79.0 Å². The van der Waals surface area contributed by atoms with E-state index in [1.807, 2.05) is 12.1 Å². The van der Waals surface area contributed by atoms with Gasteiger partial charge >= 0.3 is 6.18 Å². The highest BCUT2D eigenvalue weighted by Gasteiger charge is 2.30. The van der Waals surface area contributed by atoms with Gasteiger partial charge in [-0.15, -0.1) is 0 Å². The molecule has 0 aliphatic rings. The summed E-state index contributed by atoms with van der Waals surface area (Å²) >= 11 is 0. The molecule has 0 aliphatic heterocycles. The first-order valence-electron chi connectivity index (χ1n) is 9.81. The van der Waals surface area contributed by atoms with Crippen molar-refractivity contribution in [1.82, 2.24) is 9.97 Å². The van der Waals surface area contributed by atoms with Crippen LogP contribution in [0.4, 0.5) is 30.5 Å². The summed E-state index contributed by atoms with van der Waals surface area (Å²) in [5, 5.41) is 3.07. The van der Waals surface area contributed by atoms with E-state index in [0.29, 0.717) is 34.0 Å². The van der Waals surface area contributed by atoms with Gasteiger partial charge in [0.2, 0.25) is 11.8 Å². The van der Waals surface area contributed by atoms with Crippen LogP contribution in [0.2, 0.25) is 0 Å². The topological polar surface area (TPSA) is 82.3 Å². The highest BCUT2D eigenvalue weighted by molar-refractivity contribution is 5.70. The number of nitrogens with zero attached hydrogens (tertiary/aromatic N) is 2. The van der Waals surface area contributed by atoms with Gasteiger partial charge in [0.15, 0.2) is 0 Å². The molecule has 168 valence electrons. The lowest BCUT2D eigenvalue weighted by Crippen LogP contribution is -2.04. The van der Waals surface area contributed by atoms with Gasteiger partial charge < -0.3 is 20.5 Å². The van der Waals surface area contributed by atoms with Gasteiger partial charge in [-0.25, -0.2) is 4.98 Å². The number of alkyl halides is 3. The number of para-hydroxylation sites is 2. The molecule has 9 heteroatoms. The summed E-state index contributed by atoms with van der Waals surface area (Å²) in [4.78, 5) is 8.76. The van der Waals surface area contributed by atoms with Crippen molar-refractivity contribution in [3.05, 3.63) is 84.6 Å². The minimum Gasteiger partial charge on any atom is -0.495 e. The minimum absolute atomic E-state index is 0.146. The van der Waals surface area contributed by atoms with Crippen molar-refractivity contribution < 1.29 is 22.6 Å². The quantitative estimate of drug-likeness (QED) is 0.335. The Morgan fingerprint density at radius 1 is 0.939 bits per heavy atom. The van der Waals surface area contributed by atoms with E-state index in [1.54, 1.807) is 43.5 Å². The second-order valence-electron chi connectivity index (χ2n) is 6.99. The van der Waals surface area contributed by atoms with Crippen molar-refractivity contribution in [3.63, 3.8) is 0 Å². The fourth-order valence-electron chi connectivity index (χ4n) is 3.10. The number of methoxy groups -OCH3 is 1. The summed E-state index contributed by atoms with van der Waals surface area (Å²) in [6, 6.07) is 18.7. The zero-order valence-corrected chi connectivity index (χ0v) is 17.4. The van der Waals surface area contributed by atoms with E-state index in [9.17, 15) is 13.2 Å². The van der Waals surface area contributed by atoms with Gasteiger partial charge in [0.05, 0.1) is 23.9 Å². The van der Waals surface area contributed by atoms with Crippen LogP contribution >= 0.6 is 0 Å². The van der Waals surface area contributed by atoms with E-state index in [-0.39, 0.29) is 11.8 Å². The Labute approximate surface area is 187 Å². The van der Waals surface area contributed by atoms with E-state index in [1.165, 1.54) is 18.3 Å². The zero-order chi connectivity index (χ0) is 23.4. The molecule has 0 fully saturated rings. The molecule has 0 saturated carbocycles. The number of hydrogen-bond acceptors (Lipinski definition) is 6. The molecule has 0 radical (unpaired) electrons. The van der Waals surface area contributed by atoms with E-state index >= 15 is 0 Å². The van der Waals surface area contributed by atoms with E-state index in [4.69, 9.17) is 15.2 Å². The SMILES string of the molecule is COc1ccccc1Nc1ncc(-c2ccc(C(F)(F)F)cc2)c(Oc2cccc(N)c2)n1. The summed E-state index contributed by atoms with van der Waals surface area (Å²) in [5.74, 6) is 1.37. The molecule has 3 aromatic carbocycles. The number of ether oxygens (including phenoxy) is 2. The molecular weight excluding hydrogens is 433 g/mol. The predicted octanol–water partition coefficient (Wildman–Crippen LogP) is 6.29. The first-order chi connectivity index (χ1) is 15.8. The molecule has 3 N–H and O–H groups in total. The lowest BCUT2D eigenvalue weighted by molar-refractivity contribution is -0.137. The molecule has 0 bridgehead atoms. The Bertz CT molecular complexity index is 1260. The number of hydrogen-bond donors (Lipinski definition) is 2. The van der Waals surface area contributed by atoms with Crippen molar-refractivity contribution in [2.45, 2.75) is 6.18 Å². The highest BCUT2D eigenvalue weighted by Crippen LogP contribution is 2.36. The van der Waals surface area contributed by atoms with Crippen molar-refractivity contribution in [2.75, 3.05) is 18.2 Å². The Morgan fingerprint density at radius 2 is 1.70 bits per heavy atom. The lowest BCUT2D eigenvalue weighted by atomic mass is 10.1. The smallest absolute Gasteiger partial charge is 0.416 e. The van der Waals surface area contributed by atoms with Crippen molar-refractivity contribution in [1.29, 1.82) is 0 Å². The maximum Gasteiger partial charge on any atom is 0.416 e. The first-order valence-corrected chi connectivity index (χ1v) is 9.81. The maximum atomic E-state index is 13.0. The van der Waals surface area contributed by atoms with Crippen molar-refractivity contribution in [2.24, 2.45) is 0 Å². The summed E-state index contributed by atoms with van der Waals surface area (Å²) in [5.41, 5.74) is 7.09. The van der Waals surface area contributed by atoms with Crippen LogP contribution < -0.4 is 20.5 Å². The number of nitrogens with one attached hydrogen (secondary N) is 1. The largest absolute Gasteiger partial charge is 0.495 e. The predicted molar refractivity (Wildman–Crippen MR) is 120 cm³/mol. The highest BCUT2D eigenvalue weighted by atomic mass is 19.4. The van der Waals surface area contributed by atoms with Crippen LogP contribution in [0.25, 0.3) is 11.1 Å². The van der Waals surface area contributed by atoms with Gasteiger partial charge in [0.25, 0.3) is 0 Å². The lowest BCUT2D eigenvalue weighted by Gasteiger charge is -2.14. The third kappa shape index (κ3) is 5.15. The molecule has 0 aliphatic carbocycles. The molecule has 6 nitrogen and oxygen atoms in total. The first kappa shape index (κ1) is 21.9. The van der Waals surface area contributed by atoms with Crippen LogP contribution in [-0.2, 0) is 6.18 Å². The van der Waals surface area contributed by atoms with Gasteiger partial charge in [-0.2, -0.15) is 18.2 Å². The molecule has 0 amide bonds. The van der Waals surface area contributed by atoms with Crippen LogP contribution in [-0.4, -0.2) is 17.1 Å². The average Bonchev–Trinajstić information content (AvgIpc) is 2.79. The molecule has 1 aromatic heterocycles. The Hall–Kier alpha value is -4.27. The van der Waals surface area contributed by atoms with Gasteiger partial charge in [0, 0.05) is 18.0 Å². The molecule has 0 atom stereocenters. The third-order valence-corrected chi connectivity index (χ3v) is 4.70. The fourth-order valence-corrected chi connectivity index (χ4v) is 3.10. The van der Waals surface area contributed by atoms with Crippen LogP contribution in [0.1, 0.15) is 5.56 Å². The molecule has 33 heavy (non-hydrogen) atoms. The van der Waals surface area contributed by atoms with Gasteiger partial charge in [0.1, 0.15) is 11.5 Å². The molecule has 4 aromatic rings. The normalized spacial score (nSPS) is 11.2. The second-order valence-corrected chi connectivity index (χ2v) is 6.99. The van der Waals surface area contributed by atoms with Gasteiger partial charge in [-0.1, -0.05) is 30.3 Å². The molecule has 0 saturated heterocycles. The zero-order valence-electron chi connectivity index (χ0n) is 17.4. The number of benzene rings is 3. The molecule has 4 rings (SSSR count). The number of anilines is 3. The number of nitrogens with two attached hydrogens (primary N) is 1. The summed E-state index contributed by atoms with van der Waals surface area (Å²) in [7, 11) is 1.55. The van der Waals surface area contributed by atoms with Crippen LogP contribution in [0.3, 0.4) is 0 Å². The van der Waals surface area contributed by atoms with Crippen LogP contribution in [0, 0.1) is 0 Å². The number of nitrogen functional groups attached to an aromatic ring is 1. The maximum absolute atomic E-state index is 13.0. The summed E-state index contributed by atoms with van der Waals surface area (Å²) in [6.45, 7) is 0. The molecule has 0 spiro atoms. The monoisotopic (exact) mass is 452 g/mol. The minimum atomic E-state index is -4.43. The average molecular weight is 452 g/mol. The molecule has 0 unspecified atom stereocenters. The summed E-state index contributed by atoms with van der Waals surface area (Å²) in [6.07, 6.45) is -2.95. The number of aromatic nitrogens is 2. The van der Waals surface area contributed by atoms with Crippen molar-refractivity contribution in [3.8, 4) is 28.5 Å². The van der Waals surface area contributed by atoms with Gasteiger partial charge in [-0.3, -0.25) is 0 Å². The number of rotatable bonds is 6. The van der Waals surface area contributed by atoms with E-state index < -0.39 is 11.7 Å². The summed E-state index contributed by atoms with van der Waals surface area (Å²) < 4.78 is 50.2. The van der Waals surface area contributed by atoms with E-state index in [2.05, 4.69) is 15.3 Å². The third-order valence-electron chi connectivity index (χ3n) is 4.70. The van der Waals surface area contributed by atoms with Crippen molar-refractivity contribution >= 4 is 17.3 Å². The van der Waals surface area contributed by atoms with Gasteiger partial charge in [-0.05, 0) is 42.0 Å². The second kappa shape index (κ2) is 9.07.